The highest BCUT2D eigenvalue weighted by Gasteiger charge is 2.10. The summed E-state index contributed by atoms with van der Waals surface area (Å²) in [5.74, 6) is 0. The molecule has 120 valence electrons. The fourth-order valence-electron chi connectivity index (χ4n) is 1.11. The Morgan fingerprint density at radius 2 is 1.60 bits per heavy atom. The summed E-state index contributed by atoms with van der Waals surface area (Å²) >= 11 is 0. The predicted molar refractivity (Wildman–Crippen MR) is 79.1 cm³/mol. The van der Waals surface area contributed by atoms with E-state index in [1.165, 1.54) is 0 Å². The molecule has 0 atom stereocenters. The van der Waals surface area contributed by atoms with Crippen LogP contribution in [0, 0.1) is 0 Å². The Labute approximate surface area is 122 Å². The summed E-state index contributed by atoms with van der Waals surface area (Å²) in [6.07, 6.45) is 0. The number of amides is 2. The van der Waals surface area contributed by atoms with Crippen LogP contribution in [0.5, 0.6) is 0 Å². The van der Waals surface area contributed by atoms with Gasteiger partial charge in [0.25, 0.3) is 0 Å². The predicted octanol–water partition coefficient (Wildman–Crippen LogP) is 0.925. The van der Waals surface area contributed by atoms with Crippen LogP contribution in [-0.2, 0) is 9.57 Å². The van der Waals surface area contributed by atoms with Crippen LogP contribution in [0.2, 0.25) is 0 Å². The van der Waals surface area contributed by atoms with Gasteiger partial charge in [-0.15, -0.1) is 5.59 Å². The molecule has 0 aromatic heterocycles. The highest BCUT2D eigenvalue weighted by Crippen LogP contribution is 2.02. The summed E-state index contributed by atoms with van der Waals surface area (Å²) in [7, 11) is 0. The van der Waals surface area contributed by atoms with Crippen LogP contribution in [-0.4, -0.2) is 43.5 Å². The van der Waals surface area contributed by atoms with E-state index in [0.717, 1.165) is 6.54 Å². The molecule has 0 saturated heterocycles. The van der Waals surface area contributed by atoms with E-state index in [4.69, 9.17) is 9.57 Å². The van der Waals surface area contributed by atoms with Crippen molar-refractivity contribution in [1.29, 1.82) is 0 Å². The van der Waals surface area contributed by atoms with E-state index in [9.17, 15) is 4.79 Å². The molecule has 0 heterocycles. The fraction of sp³-hybridized carbons (Fsp3) is 0.923. The Morgan fingerprint density at radius 1 is 1.00 bits per heavy atom. The van der Waals surface area contributed by atoms with Gasteiger partial charge in [-0.1, -0.05) is 0 Å². The van der Waals surface area contributed by atoms with E-state index in [1.54, 1.807) is 0 Å². The van der Waals surface area contributed by atoms with Crippen molar-refractivity contribution in [2.45, 2.75) is 52.7 Å². The average Bonchev–Trinajstić information content (AvgIpc) is 2.24. The van der Waals surface area contributed by atoms with Crippen molar-refractivity contribution in [1.82, 2.24) is 21.6 Å². The minimum absolute atomic E-state index is 0.0974. The van der Waals surface area contributed by atoms with Crippen LogP contribution < -0.4 is 21.6 Å². The van der Waals surface area contributed by atoms with Crippen molar-refractivity contribution in [2.75, 3.05) is 26.3 Å². The molecule has 7 heteroatoms. The summed E-state index contributed by atoms with van der Waals surface area (Å²) in [4.78, 5) is 16.4. The third-order valence-corrected chi connectivity index (χ3v) is 1.96. The monoisotopic (exact) mass is 290 g/mol. The Morgan fingerprint density at radius 3 is 2.15 bits per heavy atom. The molecular formula is C13H30N4O3. The van der Waals surface area contributed by atoms with Gasteiger partial charge in [0.2, 0.25) is 0 Å². The van der Waals surface area contributed by atoms with E-state index in [0.29, 0.717) is 19.8 Å². The maximum atomic E-state index is 11.3. The second-order valence-electron chi connectivity index (χ2n) is 6.49. The quantitative estimate of drug-likeness (QED) is 0.395. The number of urea groups is 1. The molecule has 4 N–H and O–H groups in total. The smallest absolute Gasteiger partial charge is 0.330 e. The van der Waals surface area contributed by atoms with Gasteiger partial charge in [0.1, 0.15) is 0 Å². The van der Waals surface area contributed by atoms with Gasteiger partial charge in [0.05, 0.1) is 18.8 Å². The molecule has 0 aromatic carbocycles. The summed E-state index contributed by atoms with van der Waals surface area (Å²) in [5.41, 5.74) is 4.49. The first kappa shape index (κ1) is 19.1. The first-order valence-corrected chi connectivity index (χ1v) is 6.90. The maximum absolute atomic E-state index is 11.3. The normalized spacial score (nSPS) is 12.3. The van der Waals surface area contributed by atoms with Gasteiger partial charge in [-0.25, -0.2) is 4.79 Å². The molecule has 0 spiro atoms. The molecule has 0 radical (unpaired) electrons. The Bertz CT molecular complexity index is 272. The fourth-order valence-corrected chi connectivity index (χ4v) is 1.11. The number of nitrogens with one attached hydrogen (secondary N) is 4. The van der Waals surface area contributed by atoms with Gasteiger partial charge in [0.15, 0.2) is 0 Å². The number of hydrazine groups is 1. The highest BCUT2D eigenvalue weighted by atomic mass is 16.7. The molecule has 0 aliphatic heterocycles. The second-order valence-corrected chi connectivity index (χ2v) is 6.49. The summed E-state index contributed by atoms with van der Waals surface area (Å²) in [6, 6.07) is -0.356. The second kappa shape index (κ2) is 9.12. The number of rotatable bonds is 8. The third-order valence-electron chi connectivity index (χ3n) is 1.96. The van der Waals surface area contributed by atoms with Crippen molar-refractivity contribution in [3.8, 4) is 0 Å². The van der Waals surface area contributed by atoms with Gasteiger partial charge >= 0.3 is 6.03 Å². The zero-order valence-electron chi connectivity index (χ0n) is 13.6. The number of ether oxygens (including phenoxy) is 1. The summed E-state index contributed by atoms with van der Waals surface area (Å²) < 4.78 is 5.38. The molecule has 0 aliphatic carbocycles. The first-order valence-electron chi connectivity index (χ1n) is 6.90. The molecule has 0 aliphatic rings. The molecular weight excluding hydrogens is 260 g/mol. The molecule has 20 heavy (non-hydrogen) atoms. The number of carbonyl (C=O) groups excluding carboxylic acids is 1. The molecule has 0 aromatic rings. The van der Waals surface area contributed by atoms with Crippen molar-refractivity contribution < 1.29 is 14.4 Å². The van der Waals surface area contributed by atoms with Gasteiger partial charge in [-0.3, -0.25) is 10.3 Å². The van der Waals surface area contributed by atoms with E-state index in [2.05, 4.69) is 42.4 Å². The molecule has 0 bridgehead atoms. The first-order chi connectivity index (χ1) is 9.10. The lowest BCUT2D eigenvalue weighted by Crippen LogP contribution is -2.47. The lowest BCUT2D eigenvalue weighted by molar-refractivity contribution is -0.0862. The highest BCUT2D eigenvalue weighted by molar-refractivity contribution is 5.73. The molecule has 7 nitrogen and oxygen atoms in total. The lowest BCUT2D eigenvalue weighted by atomic mass is 10.1. The van der Waals surface area contributed by atoms with Crippen LogP contribution in [0.3, 0.4) is 0 Å². The van der Waals surface area contributed by atoms with Crippen molar-refractivity contribution in [3.05, 3.63) is 0 Å². The van der Waals surface area contributed by atoms with Crippen LogP contribution >= 0.6 is 0 Å². The molecule has 0 unspecified atom stereocenters. The topological polar surface area (TPSA) is 83.7 Å². The Balaban J connectivity index is 3.36. The number of hydrogen-bond acceptors (Lipinski definition) is 5. The Hall–Kier alpha value is -0.890. The standard InChI is InChI=1S/C13H30N4O3/c1-12(2,3)15-8-10-19-9-7-14-11(18)16-17-20-13(4,5)6/h15,17H,7-10H2,1-6H3,(H2,14,16,18). The summed E-state index contributed by atoms with van der Waals surface area (Å²) in [5, 5.41) is 5.95. The largest absolute Gasteiger partial charge is 0.378 e. The number of carbonyl (C=O) groups is 1. The minimum atomic E-state index is -0.365. The molecule has 0 fully saturated rings. The maximum Gasteiger partial charge on any atom is 0.330 e. The van der Waals surface area contributed by atoms with E-state index >= 15 is 0 Å². The van der Waals surface area contributed by atoms with Gasteiger partial charge in [-0.2, -0.15) is 0 Å². The van der Waals surface area contributed by atoms with Crippen molar-refractivity contribution in [2.24, 2.45) is 0 Å². The summed E-state index contributed by atoms with van der Waals surface area (Å²) in [6.45, 7) is 14.3. The number of hydrogen-bond donors (Lipinski definition) is 4. The minimum Gasteiger partial charge on any atom is -0.378 e. The van der Waals surface area contributed by atoms with E-state index < -0.39 is 0 Å². The zero-order valence-corrected chi connectivity index (χ0v) is 13.6. The van der Waals surface area contributed by atoms with Crippen LogP contribution in [0.25, 0.3) is 0 Å². The van der Waals surface area contributed by atoms with E-state index in [1.807, 2.05) is 20.8 Å². The van der Waals surface area contributed by atoms with Crippen LogP contribution in [0.15, 0.2) is 0 Å². The van der Waals surface area contributed by atoms with Crippen LogP contribution in [0.1, 0.15) is 41.5 Å². The van der Waals surface area contributed by atoms with Gasteiger partial charge in [-0.05, 0) is 41.5 Å². The van der Waals surface area contributed by atoms with Crippen molar-refractivity contribution >= 4 is 6.03 Å². The average molecular weight is 290 g/mol. The van der Waals surface area contributed by atoms with E-state index in [-0.39, 0.29) is 17.2 Å². The van der Waals surface area contributed by atoms with Gasteiger partial charge < -0.3 is 15.4 Å². The molecule has 0 saturated carbocycles. The van der Waals surface area contributed by atoms with Crippen molar-refractivity contribution in [3.63, 3.8) is 0 Å². The lowest BCUT2D eigenvalue weighted by Gasteiger charge is -2.20. The third kappa shape index (κ3) is 15.2. The zero-order chi connectivity index (χ0) is 15.6. The molecule has 2 amide bonds. The van der Waals surface area contributed by atoms with Gasteiger partial charge in [0, 0.05) is 18.6 Å². The van der Waals surface area contributed by atoms with Crippen LogP contribution in [0.4, 0.5) is 4.79 Å². The molecule has 0 rings (SSSR count). The Kier molecular flexibility index (Phi) is 8.71. The SMILES string of the molecule is CC(C)(C)NCCOCCNC(=O)NNOC(C)(C)C.